The highest BCUT2D eigenvalue weighted by molar-refractivity contribution is 8.01. The summed E-state index contributed by atoms with van der Waals surface area (Å²) in [6, 6.07) is 0.0916. The summed E-state index contributed by atoms with van der Waals surface area (Å²) in [5.74, 6) is 0.604. The highest BCUT2D eigenvalue weighted by atomic mass is 32.2. The number of aromatic nitrogens is 2. The second kappa shape index (κ2) is 4.57. The molecule has 0 amide bonds. The summed E-state index contributed by atoms with van der Waals surface area (Å²) in [6.07, 6.45) is 2.41. The fourth-order valence-corrected chi connectivity index (χ4v) is 3.17. The Hall–Kier alpha value is -0.170. The van der Waals surface area contributed by atoms with Gasteiger partial charge in [0.25, 0.3) is 0 Å². The second-order valence-electron chi connectivity index (χ2n) is 3.46. The van der Waals surface area contributed by atoms with Gasteiger partial charge in [0, 0.05) is 6.04 Å². The van der Waals surface area contributed by atoms with Gasteiger partial charge in [-0.1, -0.05) is 23.1 Å². The number of hydrogen-bond donors (Lipinski definition) is 2. The maximum Gasteiger partial charge on any atom is 0.174 e. The average molecular weight is 231 g/mol. The highest BCUT2D eigenvalue weighted by Gasteiger charge is 2.34. The number of hydrogen-bond acceptors (Lipinski definition) is 6. The van der Waals surface area contributed by atoms with E-state index < -0.39 is 0 Å². The zero-order valence-electron chi connectivity index (χ0n) is 7.67. The third kappa shape index (κ3) is 2.44. The molecule has 3 N–H and O–H groups in total. The molecule has 2 atom stereocenters. The van der Waals surface area contributed by atoms with Crippen LogP contribution in [0, 0.1) is 5.92 Å². The molecule has 0 spiro atoms. The van der Waals surface area contributed by atoms with Gasteiger partial charge in [-0.05, 0) is 18.8 Å². The first-order chi connectivity index (χ1) is 6.81. The average Bonchev–Trinajstić information content (AvgIpc) is 2.93. The minimum absolute atomic E-state index is 0.0652. The van der Waals surface area contributed by atoms with Crippen LogP contribution in [0.25, 0.3) is 0 Å². The van der Waals surface area contributed by atoms with Gasteiger partial charge in [0.1, 0.15) is 5.51 Å². The van der Waals surface area contributed by atoms with Crippen LogP contribution in [-0.2, 0) is 0 Å². The van der Waals surface area contributed by atoms with Crippen molar-refractivity contribution in [2.45, 2.75) is 28.5 Å². The monoisotopic (exact) mass is 231 g/mol. The zero-order valence-corrected chi connectivity index (χ0v) is 9.30. The lowest BCUT2D eigenvalue weighted by atomic mass is 10.1. The van der Waals surface area contributed by atoms with E-state index in [0.29, 0.717) is 5.92 Å². The van der Waals surface area contributed by atoms with Crippen LogP contribution in [0.15, 0.2) is 9.85 Å². The molecule has 1 aromatic heterocycles. The van der Waals surface area contributed by atoms with Gasteiger partial charge in [-0.25, -0.2) is 0 Å². The Morgan fingerprint density at radius 3 is 3.00 bits per heavy atom. The van der Waals surface area contributed by atoms with E-state index in [1.165, 1.54) is 24.2 Å². The Bertz CT molecular complexity index is 276. The van der Waals surface area contributed by atoms with Crippen LogP contribution in [0.5, 0.6) is 0 Å². The lowest BCUT2D eigenvalue weighted by Gasteiger charge is -2.19. The van der Waals surface area contributed by atoms with Gasteiger partial charge in [0.15, 0.2) is 4.34 Å². The van der Waals surface area contributed by atoms with Gasteiger partial charge in [0.2, 0.25) is 0 Å². The quantitative estimate of drug-likeness (QED) is 0.731. The molecule has 6 heteroatoms. The van der Waals surface area contributed by atoms with E-state index in [4.69, 9.17) is 5.73 Å². The van der Waals surface area contributed by atoms with Crippen molar-refractivity contribution in [1.29, 1.82) is 0 Å². The molecule has 78 valence electrons. The van der Waals surface area contributed by atoms with Crippen LogP contribution in [0.3, 0.4) is 0 Å². The van der Waals surface area contributed by atoms with E-state index in [1.54, 1.807) is 17.3 Å². The summed E-state index contributed by atoms with van der Waals surface area (Å²) in [5, 5.41) is 17.0. The van der Waals surface area contributed by atoms with Gasteiger partial charge >= 0.3 is 0 Å². The molecule has 1 aliphatic rings. The first-order valence-electron chi connectivity index (χ1n) is 4.60. The minimum atomic E-state index is 0.0652. The maximum absolute atomic E-state index is 9.23. The molecule has 0 saturated heterocycles. The standard InChI is InChI=1S/C8H13N3OS2/c9-7(5-1-2-5)6(3-12)14-8-11-10-4-13-8/h4-7,12H,1-3,9H2. The van der Waals surface area contributed by atoms with E-state index in [0.717, 1.165) is 4.34 Å². The van der Waals surface area contributed by atoms with Crippen LogP contribution in [0.1, 0.15) is 12.8 Å². The van der Waals surface area contributed by atoms with Crippen molar-refractivity contribution in [3.05, 3.63) is 5.51 Å². The topological polar surface area (TPSA) is 72.0 Å². The fraction of sp³-hybridized carbons (Fsp3) is 0.750. The molecular weight excluding hydrogens is 218 g/mol. The molecule has 1 fully saturated rings. The third-order valence-electron chi connectivity index (χ3n) is 2.37. The smallest absolute Gasteiger partial charge is 0.174 e. The molecule has 0 aromatic carbocycles. The molecule has 4 nitrogen and oxygen atoms in total. The van der Waals surface area contributed by atoms with Crippen molar-refractivity contribution in [2.24, 2.45) is 11.7 Å². The molecule has 2 rings (SSSR count). The van der Waals surface area contributed by atoms with Crippen molar-refractivity contribution >= 4 is 23.1 Å². The van der Waals surface area contributed by atoms with Crippen molar-refractivity contribution in [3.63, 3.8) is 0 Å². The molecular formula is C8H13N3OS2. The number of thioether (sulfide) groups is 1. The number of nitrogens with zero attached hydrogens (tertiary/aromatic N) is 2. The van der Waals surface area contributed by atoms with E-state index in [1.807, 2.05) is 0 Å². The fourth-order valence-electron chi connectivity index (χ4n) is 1.37. The normalized spacial score (nSPS) is 20.7. The lowest BCUT2D eigenvalue weighted by molar-refractivity contribution is 0.277. The number of aliphatic hydroxyl groups excluding tert-OH is 1. The minimum Gasteiger partial charge on any atom is -0.395 e. The van der Waals surface area contributed by atoms with Crippen LogP contribution < -0.4 is 5.73 Å². The second-order valence-corrected chi connectivity index (χ2v) is 5.78. The number of nitrogens with two attached hydrogens (primary N) is 1. The molecule has 1 aliphatic carbocycles. The van der Waals surface area contributed by atoms with E-state index in [-0.39, 0.29) is 17.9 Å². The van der Waals surface area contributed by atoms with Gasteiger partial charge in [-0.15, -0.1) is 10.2 Å². The number of aliphatic hydroxyl groups is 1. The van der Waals surface area contributed by atoms with Gasteiger partial charge in [-0.3, -0.25) is 0 Å². The molecule has 1 saturated carbocycles. The Balaban J connectivity index is 1.92. The van der Waals surface area contributed by atoms with Crippen LogP contribution in [0.4, 0.5) is 0 Å². The zero-order chi connectivity index (χ0) is 9.97. The third-order valence-corrected chi connectivity index (χ3v) is 4.48. The van der Waals surface area contributed by atoms with Gasteiger partial charge < -0.3 is 10.8 Å². The van der Waals surface area contributed by atoms with Crippen molar-refractivity contribution in [2.75, 3.05) is 6.61 Å². The van der Waals surface area contributed by atoms with Gasteiger partial charge in [-0.2, -0.15) is 0 Å². The molecule has 0 bridgehead atoms. The molecule has 1 aromatic rings. The van der Waals surface area contributed by atoms with E-state index in [2.05, 4.69) is 10.2 Å². The number of rotatable bonds is 5. The molecule has 0 aliphatic heterocycles. The molecule has 0 radical (unpaired) electrons. The van der Waals surface area contributed by atoms with Crippen LogP contribution in [-0.4, -0.2) is 33.2 Å². The highest BCUT2D eigenvalue weighted by Crippen LogP contribution is 2.37. The van der Waals surface area contributed by atoms with Crippen molar-refractivity contribution in [3.8, 4) is 0 Å². The summed E-state index contributed by atoms with van der Waals surface area (Å²) in [6.45, 7) is 0.113. The van der Waals surface area contributed by atoms with Crippen LogP contribution >= 0.6 is 23.1 Å². The van der Waals surface area contributed by atoms with Gasteiger partial charge in [0.05, 0.1) is 11.9 Å². The molecule has 14 heavy (non-hydrogen) atoms. The van der Waals surface area contributed by atoms with E-state index in [9.17, 15) is 5.11 Å². The summed E-state index contributed by atoms with van der Waals surface area (Å²) >= 11 is 3.03. The predicted octanol–water partition coefficient (Wildman–Crippen LogP) is 0.728. The first kappa shape index (κ1) is 10.4. The SMILES string of the molecule is NC(C1CC1)C(CO)Sc1nncs1. The molecule has 2 unspecified atom stereocenters. The Kier molecular flexibility index (Phi) is 3.38. The summed E-state index contributed by atoms with van der Waals surface area (Å²) in [7, 11) is 0. The predicted molar refractivity (Wildman–Crippen MR) is 57.3 cm³/mol. The maximum atomic E-state index is 9.23. The van der Waals surface area contributed by atoms with Crippen molar-refractivity contribution < 1.29 is 5.11 Å². The van der Waals surface area contributed by atoms with Crippen molar-refractivity contribution in [1.82, 2.24) is 10.2 Å². The summed E-state index contributed by atoms with van der Waals surface area (Å²) < 4.78 is 0.889. The first-order valence-corrected chi connectivity index (χ1v) is 6.36. The summed E-state index contributed by atoms with van der Waals surface area (Å²) in [5.41, 5.74) is 7.72. The Labute approximate surface area is 90.9 Å². The Morgan fingerprint density at radius 1 is 1.71 bits per heavy atom. The summed E-state index contributed by atoms with van der Waals surface area (Å²) in [4.78, 5) is 0. The largest absolute Gasteiger partial charge is 0.395 e. The van der Waals surface area contributed by atoms with E-state index >= 15 is 0 Å². The van der Waals surface area contributed by atoms with Crippen LogP contribution in [0.2, 0.25) is 0 Å². The lowest BCUT2D eigenvalue weighted by Crippen LogP contribution is -2.36. The molecule has 1 heterocycles. The Morgan fingerprint density at radius 2 is 2.50 bits per heavy atom.